The van der Waals surface area contributed by atoms with Crippen LogP contribution in [-0.4, -0.2) is 12.2 Å². The lowest BCUT2D eigenvalue weighted by molar-refractivity contribution is -0.140. The normalized spacial score (nSPS) is 11.2. The van der Waals surface area contributed by atoms with Gasteiger partial charge in [0, 0.05) is 24.3 Å². The van der Waals surface area contributed by atoms with E-state index in [9.17, 15) is 4.79 Å². The number of aryl methyl sites for hydroxylation is 1. The van der Waals surface area contributed by atoms with Gasteiger partial charge in [0.15, 0.2) is 0 Å². The van der Waals surface area contributed by atoms with E-state index in [1.165, 1.54) is 28.1 Å². The molecule has 0 aliphatic rings. The molecule has 0 bridgehead atoms. The number of benzene rings is 1. The zero-order chi connectivity index (χ0) is 12.3. The Labute approximate surface area is 104 Å². The summed E-state index contributed by atoms with van der Waals surface area (Å²) >= 11 is 1.72. The van der Waals surface area contributed by atoms with E-state index in [2.05, 4.69) is 40.5 Å². The van der Waals surface area contributed by atoms with Gasteiger partial charge in [-0.1, -0.05) is 22.9 Å². The Balaban J connectivity index is 2.16. The summed E-state index contributed by atoms with van der Waals surface area (Å²) in [6.07, 6.45) is 2.29. The first-order chi connectivity index (χ1) is 8.16. The van der Waals surface area contributed by atoms with Crippen LogP contribution in [0.1, 0.15) is 18.1 Å². The first-order valence-electron chi connectivity index (χ1n) is 5.33. The molecule has 0 saturated heterocycles. The van der Waals surface area contributed by atoms with Crippen molar-refractivity contribution in [2.45, 2.75) is 20.3 Å². The van der Waals surface area contributed by atoms with E-state index in [1.807, 2.05) is 0 Å². The number of hydrogen-bond donors (Lipinski definition) is 0. The minimum Gasteiger partial charge on any atom is -0.319 e. The van der Waals surface area contributed by atoms with Gasteiger partial charge in [-0.25, -0.2) is 4.79 Å². The van der Waals surface area contributed by atoms with Crippen LogP contribution in [0.15, 0.2) is 28.7 Å². The molecule has 0 aliphatic heterocycles. The average Bonchev–Trinajstić information content (AvgIpc) is 2.67. The fourth-order valence-electron chi connectivity index (χ4n) is 1.60. The van der Waals surface area contributed by atoms with E-state index in [-0.39, 0.29) is 0 Å². The molecule has 0 atom stereocenters. The van der Waals surface area contributed by atoms with E-state index < -0.39 is 5.97 Å². The standard InChI is InChI=1S/C13H13NO2S/c1-9-3-4-13-12(7-9)11(8-17-13)5-6-14-16-10(2)15/h3-4,6-8H,5H2,1-2H3/b14-6+. The third kappa shape index (κ3) is 2.91. The highest BCUT2D eigenvalue weighted by atomic mass is 32.1. The molecule has 17 heavy (non-hydrogen) atoms. The summed E-state index contributed by atoms with van der Waals surface area (Å²) < 4.78 is 1.27. The van der Waals surface area contributed by atoms with E-state index in [0.29, 0.717) is 6.42 Å². The number of nitrogens with zero attached hydrogens (tertiary/aromatic N) is 1. The van der Waals surface area contributed by atoms with Crippen molar-refractivity contribution < 1.29 is 9.63 Å². The number of carbonyl (C=O) groups is 1. The highest BCUT2D eigenvalue weighted by Gasteiger charge is 2.02. The molecule has 88 valence electrons. The first-order valence-corrected chi connectivity index (χ1v) is 6.21. The van der Waals surface area contributed by atoms with Crippen molar-refractivity contribution >= 4 is 33.6 Å². The fourth-order valence-corrected chi connectivity index (χ4v) is 2.56. The van der Waals surface area contributed by atoms with Crippen molar-refractivity contribution in [3.8, 4) is 0 Å². The monoisotopic (exact) mass is 247 g/mol. The summed E-state index contributed by atoms with van der Waals surface area (Å²) in [7, 11) is 0. The van der Waals surface area contributed by atoms with Crippen LogP contribution in [0.5, 0.6) is 0 Å². The molecule has 1 aromatic carbocycles. The van der Waals surface area contributed by atoms with Gasteiger partial charge in [0.2, 0.25) is 0 Å². The molecule has 0 unspecified atom stereocenters. The van der Waals surface area contributed by atoms with Crippen molar-refractivity contribution in [1.29, 1.82) is 0 Å². The number of rotatable bonds is 3. The number of fused-ring (bicyclic) bond motifs is 1. The Morgan fingerprint density at radius 1 is 1.53 bits per heavy atom. The number of hydrogen-bond acceptors (Lipinski definition) is 4. The largest absolute Gasteiger partial charge is 0.331 e. The van der Waals surface area contributed by atoms with Crippen molar-refractivity contribution in [3.05, 3.63) is 34.7 Å². The van der Waals surface area contributed by atoms with Crippen LogP contribution < -0.4 is 0 Å². The maximum atomic E-state index is 10.5. The Hall–Kier alpha value is -1.68. The minimum atomic E-state index is -0.396. The zero-order valence-electron chi connectivity index (χ0n) is 9.77. The molecular weight excluding hydrogens is 234 g/mol. The molecule has 3 nitrogen and oxygen atoms in total. The molecule has 2 aromatic rings. The first kappa shape index (κ1) is 11.8. The Bertz CT molecular complexity index is 572. The fraction of sp³-hybridized carbons (Fsp3) is 0.231. The number of carbonyl (C=O) groups excluding carboxylic acids is 1. The molecule has 0 N–H and O–H groups in total. The predicted octanol–water partition coefficient (Wildman–Crippen LogP) is 3.30. The topological polar surface area (TPSA) is 38.7 Å². The molecule has 0 fully saturated rings. The molecular formula is C13H13NO2S. The van der Waals surface area contributed by atoms with Gasteiger partial charge in [-0.2, -0.15) is 0 Å². The van der Waals surface area contributed by atoms with Gasteiger partial charge in [0.25, 0.3) is 0 Å². The average molecular weight is 247 g/mol. The second-order valence-electron chi connectivity index (χ2n) is 3.84. The smallest absolute Gasteiger partial charge is 0.319 e. The molecule has 0 saturated carbocycles. The lowest BCUT2D eigenvalue weighted by Crippen LogP contribution is -1.92. The Kier molecular flexibility index (Phi) is 3.54. The van der Waals surface area contributed by atoms with Crippen LogP contribution in [0.4, 0.5) is 0 Å². The summed E-state index contributed by atoms with van der Waals surface area (Å²) in [5, 5.41) is 6.97. The number of oxime groups is 1. The molecule has 1 aromatic heterocycles. The van der Waals surface area contributed by atoms with Gasteiger partial charge in [0.1, 0.15) is 0 Å². The third-order valence-electron chi connectivity index (χ3n) is 2.38. The van der Waals surface area contributed by atoms with Crippen LogP contribution in [0, 0.1) is 6.92 Å². The Morgan fingerprint density at radius 2 is 2.35 bits per heavy atom. The second kappa shape index (κ2) is 5.10. The minimum absolute atomic E-state index is 0.396. The maximum Gasteiger partial charge on any atom is 0.331 e. The van der Waals surface area contributed by atoms with Gasteiger partial charge in [-0.15, -0.1) is 11.3 Å². The summed E-state index contributed by atoms with van der Waals surface area (Å²) in [5.41, 5.74) is 2.46. The summed E-state index contributed by atoms with van der Waals surface area (Å²) in [4.78, 5) is 15.0. The predicted molar refractivity (Wildman–Crippen MR) is 70.5 cm³/mol. The van der Waals surface area contributed by atoms with Crippen molar-refractivity contribution in [1.82, 2.24) is 0 Å². The van der Waals surface area contributed by atoms with Crippen LogP contribution in [-0.2, 0) is 16.1 Å². The van der Waals surface area contributed by atoms with Gasteiger partial charge in [0.05, 0.1) is 0 Å². The van der Waals surface area contributed by atoms with Gasteiger partial charge >= 0.3 is 5.97 Å². The van der Waals surface area contributed by atoms with Crippen molar-refractivity contribution in [2.24, 2.45) is 5.16 Å². The van der Waals surface area contributed by atoms with E-state index in [1.54, 1.807) is 17.6 Å². The lowest BCUT2D eigenvalue weighted by Gasteiger charge is -1.96. The van der Waals surface area contributed by atoms with Crippen molar-refractivity contribution in [2.75, 3.05) is 0 Å². The molecule has 4 heteroatoms. The van der Waals surface area contributed by atoms with Crippen LogP contribution in [0.3, 0.4) is 0 Å². The SMILES string of the molecule is CC(=O)O/N=C/Cc1csc2ccc(C)cc12. The van der Waals surface area contributed by atoms with E-state index in [0.717, 1.165) is 0 Å². The Morgan fingerprint density at radius 3 is 3.12 bits per heavy atom. The molecule has 2 rings (SSSR count). The van der Waals surface area contributed by atoms with Crippen molar-refractivity contribution in [3.63, 3.8) is 0 Å². The van der Waals surface area contributed by atoms with Gasteiger partial charge in [-0.05, 0) is 29.3 Å². The molecule has 0 spiro atoms. The van der Waals surface area contributed by atoms with Gasteiger partial charge in [-0.3, -0.25) is 0 Å². The lowest BCUT2D eigenvalue weighted by atomic mass is 10.1. The van der Waals surface area contributed by atoms with Crippen LogP contribution >= 0.6 is 11.3 Å². The quantitative estimate of drug-likeness (QED) is 0.474. The number of thiophene rings is 1. The van der Waals surface area contributed by atoms with Crippen LogP contribution in [0.2, 0.25) is 0 Å². The highest BCUT2D eigenvalue weighted by Crippen LogP contribution is 2.26. The molecule has 0 amide bonds. The van der Waals surface area contributed by atoms with E-state index in [4.69, 9.17) is 0 Å². The highest BCUT2D eigenvalue weighted by molar-refractivity contribution is 7.17. The van der Waals surface area contributed by atoms with E-state index >= 15 is 0 Å². The summed E-state index contributed by atoms with van der Waals surface area (Å²) in [6, 6.07) is 6.40. The molecule has 0 aliphatic carbocycles. The third-order valence-corrected chi connectivity index (χ3v) is 3.39. The van der Waals surface area contributed by atoms with Crippen LogP contribution in [0.25, 0.3) is 10.1 Å². The summed E-state index contributed by atoms with van der Waals surface area (Å²) in [5.74, 6) is -0.396. The van der Waals surface area contributed by atoms with Gasteiger partial charge < -0.3 is 4.84 Å². The molecule has 1 heterocycles. The zero-order valence-corrected chi connectivity index (χ0v) is 10.6. The summed E-state index contributed by atoms with van der Waals surface area (Å²) in [6.45, 7) is 3.41. The second-order valence-corrected chi connectivity index (χ2v) is 4.75. The maximum absolute atomic E-state index is 10.5. The molecule has 0 radical (unpaired) electrons.